The van der Waals surface area contributed by atoms with Gasteiger partial charge in [-0.2, -0.15) is 25.8 Å². The van der Waals surface area contributed by atoms with E-state index in [4.69, 9.17) is 4.74 Å². The summed E-state index contributed by atoms with van der Waals surface area (Å²) < 4.78 is 40.7. The van der Waals surface area contributed by atoms with Crippen LogP contribution < -0.4 is 0 Å². The van der Waals surface area contributed by atoms with Crippen molar-refractivity contribution in [1.82, 2.24) is 0 Å². The van der Waals surface area contributed by atoms with Crippen LogP contribution in [0.25, 0.3) is 0 Å². The lowest BCUT2D eigenvalue weighted by atomic mass is 9.71. The van der Waals surface area contributed by atoms with Crippen molar-refractivity contribution in [2.24, 2.45) is 5.41 Å². The van der Waals surface area contributed by atoms with Crippen molar-refractivity contribution in [2.75, 3.05) is 19.0 Å². The number of ether oxygens (including phenoxy) is 1. The van der Waals surface area contributed by atoms with Crippen molar-refractivity contribution in [3.8, 4) is 0 Å². The van der Waals surface area contributed by atoms with E-state index in [9.17, 15) is 13.2 Å². The minimum absolute atomic E-state index is 0.0617. The largest absolute Gasteiger partial charge is 0.389 e. The number of halogens is 3. The average Bonchev–Trinajstić information content (AvgIpc) is 2.06. The zero-order valence-corrected chi connectivity index (χ0v) is 9.54. The van der Waals surface area contributed by atoms with Crippen LogP contribution in [-0.4, -0.2) is 25.1 Å². The summed E-state index contributed by atoms with van der Waals surface area (Å²) in [4.78, 5) is 0. The van der Waals surface area contributed by atoms with Crippen LogP contribution in [0.3, 0.4) is 0 Å². The van der Waals surface area contributed by atoms with Crippen molar-refractivity contribution in [2.45, 2.75) is 38.3 Å². The molecule has 15 heavy (non-hydrogen) atoms. The quantitative estimate of drug-likeness (QED) is 0.554. The van der Waals surface area contributed by atoms with Crippen LogP contribution in [-0.2, 0) is 4.74 Å². The van der Waals surface area contributed by atoms with Gasteiger partial charge in [-0.05, 0) is 25.0 Å². The molecule has 90 valence electrons. The molecule has 1 rings (SSSR count). The van der Waals surface area contributed by atoms with Gasteiger partial charge < -0.3 is 4.74 Å². The van der Waals surface area contributed by atoms with Gasteiger partial charge in [0.05, 0.1) is 6.61 Å². The van der Waals surface area contributed by atoms with E-state index in [0.29, 0.717) is 6.61 Å². The summed E-state index contributed by atoms with van der Waals surface area (Å²) in [6, 6.07) is 0. The molecule has 0 aromatic rings. The molecule has 0 unspecified atom stereocenters. The Morgan fingerprint density at radius 3 is 2.33 bits per heavy atom. The van der Waals surface area contributed by atoms with Gasteiger partial charge in [0, 0.05) is 18.4 Å². The van der Waals surface area contributed by atoms with E-state index in [0.717, 1.165) is 18.6 Å². The molecule has 5 heteroatoms. The number of hydrogen-bond donors (Lipinski definition) is 1. The highest BCUT2D eigenvalue weighted by Gasteiger charge is 2.35. The lowest BCUT2D eigenvalue weighted by Gasteiger charge is -2.40. The van der Waals surface area contributed by atoms with Crippen molar-refractivity contribution in [3.63, 3.8) is 0 Å². The number of alkyl halides is 3. The predicted octanol–water partition coefficient (Wildman–Crippen LogP) is 3.45. The van der Waals surface area contributed by atoms with Gasteiger partial charge in [0.1, 0.15) is 0 Å². The van der Waals surface area contributed by atoms with Crippen molar-refractivity contribution in [3.05, 3.63) is 0 Å². The van der Waals surface area contributed by atoms with E-state index in [-0.39, 0.29) is 18.4 Å². The Morgan fingerprint density at radius 1 is 1.27 bits per heavy atom. The normalized spacial score (nSPS) is 20.0. The van der Waals surface area contributed by atoms with Crippen molar-refractivity contribution in [1.29, 1.82) is 0 Å². The first-order valence-electron chi connectivity index (χ1n) is 5.23. The van der Waals surface area contributed by atoms with E-state index in [1.807, 2.05) is 0 Å². The molecule has 0 spiro atoms. The fraction of sp³-hybridized carbons (Fsp3) is 1.00. The molecule has 1 aliphatic carbocycles. The Balaban J connectivity index is 2.02. The first kappa shape index (κ1) is 13.2. The van der Waals surface area contributed by atoms with E-state index in [1.165, 1.54) is 6.42 Å². The molecule has 0 atom stereocenters. The van der Waals surface area contributed by atoms with Crippen LogP contribution in [0.15, 0.2) is 0 Å². The van der Waals surface area contributed by atoms with Gasteiger partial charge in [-0.1, -0.05) is 6.42 Å². The average molecular weight is 242 g/mol. The summed E-state index contributed by atoms with van der Waals surface area (Å²) in [5.74, 6) is 0.770. The fourth-order valence-corrected chi connectivity index (χ4v) is 2.10. The predicted molar refractivity (Wildman–Crippen MR) is 56.2 cm³/mol. The molecule has 1 fully saturated rings. The topological polar surface area (TPSA) is 9.23 Å². The minimum atomic E-state index is -4.05. The molecule has 0 bridgehead atoms. The second kappa shape index (κ2) is 5.43. The van der Waals surface area contributed by atoms with Crippen LogP contribution in [0.2, 0.25) is 0 Å². The fourth-order valence-electron chi connectivity index (χ4n) is 1.69. The highest BCUT2D eigenvalue weighted by molar-refractivity contribution is 7.80. The van der Waals surface area contributed by atoms with Crippen molar-refractivity contribution >= 4 is 12.6 Å². The lowest BCUT2D eigenvalue weighted by molar-refractivity contribution is -0.138. The van der Waals surface area contributed by atoms with Gasteiger partial charge in [0.15, 0.2) is 0 Å². The van der Waals surface area contributed by atoms with Gasteiger partial charge in [0.2, 0.25) is 0 Å². The maximum atomic E-state index is 11.8. The van der Waals surface area contributed by atoms with E-state index in [1.54, 1.807) is 0 Å². The zero-order chi connectivity index (χ0) is 11.4. The van der Waals surface area contributed by atoms with Gasteiger partial charge in [0.25, 0.3) is 0 Å². The molecule has 0 heterocycles. The Bertz CT molecular complexity index is 184. The van der Waals surface area contributed by atoms with Crippen LogP contribution in [0.1, 0.15) is 32.1 Å². The Hall–Kier alpha value is 0.100. The molecule has 0 aromatic heterocycles. The molecular weight excluding hydrogens is 225 g/mol. The van der Waals surface area contributed by atoms with Gasteiger partial charge in [-0.15, -0.1) is 0 Å². The molecule has 0 saturated heterocycles. The molecule has 0 amide bonds. The van der Waals surface area contributed by atoms with E-state index in [2.05, 4.69) is 12.6 Å². The maximum absolute atomic E-state index is 11.8. The lowest BCUT2D eigenvalue weighted by Crippen LogP contribution is -2.36. The number of thiol groups is 1. The van der Waals surface area contributed by atoms with Crippen LogP contribution in [0, 0.1) is 5.41 Å². The molecule has 0 N–H and O–H groups in total. The highest BCUT2D eigenvalue weighted by atomic mass is 32.1. The second-order valence-corrected chi connectivity index (χ2v) is 4.60. The number of rotatable bonds is 6. The summed E-state index contributed by atoms with van der Waals surface area (Å²) >= 11 is 4.24. The maximum Gasteiger partial charge on any atom is 0.389 e. The van der Waals surface area contributed by atoms with Crippen molar-refractivity contribution < 1.29 is 17.9 Å². The van der Waals surface area contributed by atoms with E-state index < -0.39 is 12.6 Å². The molecule has 1 aliphatic rings. The first-order valence-corrected chi connectivity index (χ1v) is 5.86. The molecule has 1 saturated carbocycles. The summed E-state index contributed by atoms with van der Waals surface area (Å²) in [6.07, 6.45) is -1.37. The third-order valence-electron chi connectivity index (χ3n) is 2.91. The second-order valence-electron chi connectivity index (χ2n) is 4.28. The Kier molecular flexibility index (Phi) is 4.77. The number of hydrogen-bond acceptors (Lipinski definition) is 2. The Labute approximate surface area is 93.8 Å². The summed E-state index contributed by atoms with van der Waals surface area (Å²) in [5.41, 5.74) is 0.154. The third-order valence-corrected chi connectivity index (χ3v) is 3.58. The molecule has 0 aliphatic heterocycles. The van der Waals surface area contributed by atoms with Gasteiger partial charge in [-0.25, -0.2) is 0 Å². The van der Waals surface area contributed by atoms with Crippen LogP contribution in [0.4, 0.5) is 13.2 Å². The van der Waals surface area contributed by atoms with Crippen LogP contribution >= 0.6 is 12.6 Å². The minimum Gasteiger partial charge on any atom is -0.381 e. The highest BCUT2D eigenvalue weighted by Crippen LogP contribution is 2.41. The molecule has 0 radical (unpaired) electrons. The summed E-state index contributed by atoms with van der Waals surface area (Å²) in [5, 5.41) is 0. The monoisotopic (exact) mass is 242 g/mol. The first-order chi connectivity index (χ1) is 6.97. The van der Waals surface area contributed by atoms with Gasteiger partial charge >= 0.3 is 6.18 Å². The summed E-state index contributed by atoms with van der Waals surface area (Å²) in [7, 11) is 0. The molecular formula is C10H17F3OS. The van der Waals surface area contributed by atoms with Crippen LogP contribution in [0.5, 0.6) is 0 Å². The Morgan fingerprint density at radius 2 is 1.93 bits per heavy atom. The SMILES string of the molecule is FC(F)(F)CCCOCC1(CS)CCC1. The van der Waals surface area contributed by atoms with E-state index >= 15 is 0 Å². The molecule has 0 aromatic carbocycles. The van der Waals surface area contributed by atoms with Gasteiger partial charge in [-0.3, -0.25) is 0 Å². The smallest absolute Gasteiger partial charge is 0.381 e. The zero-order valence-electron chi connectivity index (χ0n) is 8.65. The molecule has 1 nitrogen and oxygen atoms in total. The third kappa shape index (κ3) is 4.64. The summed E-state index contributed by atoms with van der Waals surface area (Å²) in [6.45, 7) is 0.767. The standard InChI is InChI=1S/C10H17F3OS/c11-10(12,13)5-2-6-14-7-9(8-15)3-1-4-9/h15H,1-8H2.